The average molecular weight is 396 g/mol. The van der Waals surface area contributed by atoms with E-state index in [2.05, 4.69) is 5.32 Å². The Bertz CT molecular complexity index is 1270. The predicted octanol–water partition coefficient (Wildman–Crippen LogP) is 5.38. The fraction of sp³-hybridized carbons (Fsp3) is 0.182. The first kappa shape index (κ1) is 18.3. The van der Waals surface area contributed by atoms with E-state index in [1.165, 1.54) is 0 Å². The summed E-state index contributed by atoms with van der Waals surface area (Å²) in [4.78, 5) is 24.7. The van der Waals surface area contributed by atoms with Crippen LogP contribution in [0.2, 0.25) is 5.02 Å². The highest BCUT2D eigenvalue weighted by atomic mass is 35.5. The van der Waals surface area contributed by atoms with E-state index >= 15 is 0 Å². The van der Waals surface area contributed by atoms with Crippen LogP contribution in [0.4, 0.5) is 5.69 Å². The average Bonchev–Trinajstić information content (AvgIpc) is 3.00. The number of halogens is 1. The molecule has 2 heterocycles. The molecule has 1 N–H and O–H groups in total. The standard InChI is InChI=1S/C22H18ClNO4/c1-12-11-27-19-10-20-18(9-17(12)19)13(2)16(22(26)28-20)6-7-21(25)24-15-5-3-4-14(23)8-15/h3-5,8-11H,6-7H2,1-2H3,(H,24,25). The number of carbonyl (C=O) groups excluding carboxylic acids is 1. The van der Waals surface area contributed by atoms with Crippen LogP contribution in [-0.4, -0.2) is 5.91 Å². The van der Waals surface area contributed by atoms with Gasteiger partial charge in [0.05, 0.1) is 6.26 Å². The van der Waals surface area contributed by atoms with Gasteiger partial charge in [0.2, 0.25) is 5.91 Å². The topological polar surface area (TPSA) is 72.5 Å². The van der Waals surface area contributed by atoms with Crippen LogP contribution in [0.5, 0.6) is 0 Å². The molecule has 5 nitrogen and oxygen atoms in total. The van der Waals surface area contributed by atoms with Crippen LogP contribution in [0.25, 0.3) is 21.9 Å². The van der Waals surface area contributed by atoms with E-state index in [1.54, 1.807) is 36.6 Å². The molecule has 1 amide bonds. The fourth-order valence-corrected chi connectivity index (χ4v) is 3.54. The maximum Gasteiger partial charge on any atom is 0.339 e. The normalized spacial score (nSPS) is 11.2. The molecule has 0 saturated carbocycles. The third-order valence-corrected chi connectivity index (χ3v) is 5.12. The molecule has 0 aliphatic rings. The minimum atomic E-state index is -0.428. The Morgan fingerprint density at radius 1 is 1.11 bits per heavy atom. The van der Waals surface area contributed by atoms with Gasteiger partial charge < -0.3 is 14.2 Å². The van der Waals surface area contributed by atoms with Gasteiger partial charge in [-0.1, -0.05) is 17.7 Å². The second kappa shape index (κ2) is 7.17. The van der Waals surface area contributed by atoms with E-state index in [9.17, 15) is 9.59 Å². The maximum absolute atomic E-state index is 12.5. The summed E-state index contributed by atoms with van der Waals surface area (Å²) in [5, 5.41) is 5.16. The number of rotatable bonds is 4. The van der Waals surface area contributed by atoms with Crippen molar-refractivity contribution in [3.05, 3.63) is 74.8 Å². The van der Waals surface area contributed by atoms with Crippen LogP contribution in [0.15, 0.2) is 56.3 Å². The molecule has 4 rings (SSSR count). The second-order valence-corrected chi connectivity index (χ2v) is 7.25. The number of fused-ring (bicyclic) bond motifs is 2. The number of aryl methyl sites for hydroxylation is 2. The molecule has 0 saturated heterocycles. The lowest BCUT2D eigenvalue weighted by atomic mass is 10.0. The van der Waals surface area contributed by atoms with Crippen LogP contribution < -0.4 is 10.9 Å². The zero-order valence-electron chi connectivity index (χ0n) is 15.5. The van der Waals surface area contributed by atoms with Gasteiger partial charge in [-0.2, -0.15) is 0 Å². The number of amides is 1. The third-order valence-electron chi connectivity index (χ3n) is 4.89. The SMILES string of the molecule is Cc1coc2cc3oc(=O)c(CCC(=O)Nc4cccc(Cl)c4)c(C)c3cc12. The summed E-state index contributed by atoms with van der Waals surface area (Å²) in [5.74, 6) is -0.192. The van der Waals surface area contributed by atoms with E-state index in [-0.39, 0.29) is 12.3 Å². The summed E-state index contributed by atoms with van der Waals surface area (Å²) in [7, 11) is 0. The van der Waals surface area contributed by atoms with Crippen LogP contribution in [0.3, 0.4) is 0 Å². The van der Waals surface area contributed by atoms with Gasteiger partial charge in [0.1, 0.15) is 11.2 Å². The maximum atomic E-state index is 12.5. The largest absolute Gasteiger partial charge is 0.464 e. The van der Waals surface area contributed by atoms with Crippen molar-refractivity contribution in [1.82, 2.24) is 0 Å². The number of carbonyl (C=O) groups is 1. The first-order valence-electron chi connectivity index (χ1n) is 8.92. The number of hydrogen-bond acceptors (Lipinski definition) is 4. The van der Waals surface area contributed by atoms with Crippen molar-refractivity contribution in [2.75, 3.05) is 5.32 Å². The van der Waals surface area contributed by atoms with Crippen molar-refractivity contribution in [1.29, 1.82) is 0 Å². The predicted molar refractivity (Wildman–Crippen MR) is 110 cm³/mol. The smallest absolute Gasteiger partial charge is 0.339 e. The minimum Gasteiger partial charge on any atom is -0.464 e. The van der Waals surface area contributed by atoms with Gasteiger partial charge in [0.25, 0.3) is 0 Å². The Balaban J connectivity index is 1.61. The number of anilines is 1. The fourth-order valence-electron chi connectivity index (χ4n) is 3.35. The third kappa shape index (κ3) is 3.41. The summed E-state index contributed by atoms with van der Waals surface area (Å²) in [5.41, 5.74) is 3.71. The summed E-state index contributed by atoms with van der Waals surface area (Å²) in [6.07, 6.45) is 2.13. The molecule has 0 spiro atoms. The van der Waals surface area contributed by atoms with E-state index in [4.69, 9.17) is 20.4 Å². The Kier molecular flexibility index (Phi) is 4.69. The summed E-state index contributed by atoms with van der Waals surface area (Å²) in [6.45, 7) is 3.85. The Morgan fingerprint density at radius 3 is 2.71 bits per heavy atom. The van der Waals surface area contributed by atoms with Crippen LogP contribution in [-0.2, 0) is 11.2 Å². The molecule has 6 heteroatoms. The molecule has 142 valence electrons. The zero-order chi connectivity index (χ0) is 19.8. The molecule has 0 aliphatic carbocycles. The quantitative estimate of drug-likeness (QED) is 0.471. The molecular formula is C22H18ClNO4. The molecule has 0 unspecified atom stereocenters. The Morgan fingerprint density at radius 2 is 1.93 bits per heavy atom. The second-order valence-electron chi connectivity index (χ2n) is 6.81. The van der Waals surface area contributed by atoms with Gasteiger partial charge >= 0.3 is 5.63 Å². The van der Waals surface area contributed by atoms with E-state index in [0.717, 1.165) is 21.9 Å². The van der Waals surface area contributed by atoms with E-state index < -0.39 is 5.63 Å². The lowest BCUT2D eigenvalue weighted by Crippen LogP contribution is -2.16. The Hall–Kier alpha value is -3.05. The van der Waals surface area contributed by atoms with Crippen molar-refractivity contribution < 1.29 is 13.6 Å². The highest BCUT2D eigenvalue weighted by Gasteiger charge is 2.15. The summed E-state index contributed by atoms with van der Waals surface area (Å²) < 4.78 is 11.0. The highest BCUT2D eigenvalue weighted by Crippen LogP contribution is 2.29. The van der Waals surface area contributed by atoms with Gasteiger partial charge in [0, 0.05) is 39.5 Å². The van der Waals surface area contributed by atoms with Crippen molar-refractivity contribution in [2.24, 2.45) is 0 Å². The molecule has 4 aromatic rings. The van der Waals surface area contributed by atoms with Gasteiger partial charge in [-0.3, -0.25) is 4.79 Å². The van der Waals surface area contributed by atoms with Crippen LogP contribution >= 0.6 is 11.6 Å². The summed E-state index contributed by atoms with van der Waals surface area (Å²) in [6, 6.07) is 10.6. The minimum absolute atomic E-state index is 0.163. The van der Waals surface area contributed by atoms with Gasteiger partial charge in [-0.05, 0) is 55.7 Å². The number of nitrogens with one attached hydrogen (secondary N) is 1. The van der Waals surface area contributed by atoms with Crippen molar-refractivity contribution in [2.45, 2.75) is 26.7 Å². The first-order valence-corrected chi connectivity index (χ1v) is 9.30. The summed E-state index contributed by atoms with van der Waals surface area (Å²) >= 11 is 5.93. The number of hydrogen-bond donors (Lipinski definition) is 1. The van der Waals surface area contributed by atoms with Crippen molar-refractivity contribution in [3.63, 3.8) is 0 Å². The number of furan rings is 1. The molecule has 0 aliphatic heterocycles. The molecular weight excluding hydrogens is 378 g/mol. The van der Waals surface area contributed by atoms with Gasteiger partial charge in [-0.15, -0.1) is 0 Å². The zero-order valence-corrected chi connectivity index (χ0v) is 16.2. The molecule has 2 aromatic carbocycles. The molecule has 0 radical (unpaired) electrons. The van der Waals surface area contributed by atoms with Gasteiger partial charge in [0.15, 0.2) is 0 Å². The van der Waals surface area contributed by atoms with Crippen LogP contribution in [0.1, 0.15) is 23.1 Å². The first-order chi connectivity index (χ1) is 13.4. The van der Waals surface area contributed by atoms with E-state index in [1.807, 2.05) is 19.9 Å². The highest BCUT2D eigenvalue weighted by molar-refractivity contribution is 6.30. The molecule has 28 heavy (non-hydrogen) atoms. The monoisotopic (exact) mass is 395 g/mol. The molecule has 0 bridgehead atoms. The van der Waals surface area contributed by atoms with Crippen LogP contribution in [0, 0.1) is 13.8 Å². The van der Waals surface area contributed by atoms with Crippen molar-refractivity contribution in [3.8, 4) is 0 Å². The molecule has 2 aromatic heterocycles. The molecule has 0 fully saturated rings. The Labute approximate surface area is 165 Å². The van der Waals surface area contributed by atoms with Gasteiger partial charge in [-0.25, -0.2) is 4.79 Å². The lowest BCUT2D eigenvalue weighted by Gasteiger charge is -2.09. The van der Waals surface area contributed by atoms with E-state index in [0.29, 0.717) is 33.9 Å². The molecule has 0 atom stereocenters. The number of benzene rings is 2. The lowest BCUT2D eigenvalue weighted by molar-refractivity contribution is -0.116. The van der Waals surface area contributed by atoms with Crippen molar-refractivity contribution >= 4 is 45.1 Å².